The van der Waals surface area contributed by atoms with Crippen molar-refractivity contribution < 1.29 is 14.3 Å². The van der Waals surface area contributed by atoms with Crippen LogP contribution >= 0.6 is 0 Å². The van der Waals surface area contributed by atoms with E-state index in [1.807, 2.05) is 6.92 Å². The van der Waals surface area contributed by atoms with E-state index in [0.717, 1.165) is 6.42 Å². The second-order valence-electron chi connectivity index (χ2n) is 6.78. The lowest BCUT2D eigenvalue weighted by Gasteiger charge is -2.39. The van der Waals surface area contributed by atoms with Gasteiger partial charge in [0.2, 0.25) is 0 Å². The fraction of sp³-hybridized carbons (Fsp3) is 0.556. The minimum absolute atomic E-state index is 0.0613. The zero-order valence-corrected chi connectivity index (χ0v) is 14.1. The van der Waals surface area contributed by atoms with Crippen molar-refractivity contribution in [1.82, 2.24) is 0 Å². The van der Waals surface area contributed by atoms with E-state index in [2.05, 4.69) is 13.8 Å². The summed E-state index contributed by atoms with van der Waals surface area (Å²) in [5.74, 6) is 1.04. The van der Waals surface area contributed by atoms with Gasteiger partial charge in [0.1, 0.15) is 5.75 Å². The van der Waals surface area contributed by atoms with E-state index in [1.54, 1.807) is 36.9 Å². The molecule has 4 nitrogen and oxygen atoms in total. The second-order valence-corrected chi connectivity index (χ2v) is 6.78. The fourth-order valence-electron chi connectivity index (χ4n) is 2.66. The highest BCUT2D eigenvalue weighted by Crippen LogP contribution is 2.39. The molecule has 0 unspecified atom stereocenters. The van der Waals surface area contributed by atoms with Crippen molar-refractivity contribution in [3.05, 3.63) is 23.8 Å². The molecule has 0 spiro atoms. The third-order valence-corrected chi connectivity index (χ3v) is 3.72. The van der Waals surface area contributed by atoms with E-state index in [1.165, 1.54) is 0 Å². The van der Waals surface area contributed by atoms with Crippen molar-refractivity contribution in [3.63, 3.8) is 0 Å². The average molecular weight is 303 g/mol. The Balaban J connectivity index is 2.46. The largest absolute Gasteiger partial charge is 0.476 e. The quantitative estimate of drug-likeness (QED) is 0.777. The van der Waals surface area contributed by atoms with Crippen molar-refractivity contribution in [2.75, 3.05) is 11.4 Å². The molecule has 0 bridgehead atoms. The summed E-state index contributed by atoms with van der Waals surface area (Å²) in [4.78, 5) is 26.5. The summed E-state index contributed by atoms with van der Waals surface area (Å²) in [6.07, 6.45) is 1.33. The van der Waals surface area contributed by atoms with Crippen molar-refractivity contribution in [2.45, 2.75) is 53.1 Å². The van der Waals surface area contributed by atoms with E-state index in [-0.39, 0.29) is 11.7 Å². The zero-order chi connectivity index (χ0) is 16.5. The molecule has 0 fully saturated rings. The normalized spacial score (nSPS) is 16.5. The van der Waals surface area contributed by atoms with E-state index in [0.29, 0.717) is 35.9 Å². The maximum atomic E-state index is 12.7. The third kappa shape index (κ3) is 3.16. The summed E-state index contributed by atoms with van der Waals surface area (Å²) in [6, 6.07) is 5.39. The molecule has 0 aromatic heterocycles. The number of fused-ring (bicyclic) bond motifs is 1. The molecule has 2 rings (SSSR count). The Morgan fingerprint density at radius 3 is 2.59 bits per heavy atom. The summed E-state index contributed by atoms with van der Waals surface area (Å²) in [5, 5.41) is 0. The van der Waals surface area contributed by atoms with Gasteiger partial charge < -0.3 is 9.64 Å². The Labute approximate surface area is 132 Å². The van der Waals surface area contributed by atoms with Gasteiger partial charge in [0.05, 0.1) is 5.69 Å². The third-order valence-electron chi connectivity index (χ3n) is 3.72. The van der Waals surface area contributed by atoms with Crippen LogP contribution in [0.25, 0.3) is 0 Å². The number of carbonyl (C=O) groups excluding carboxylic acids is 2. The number of Topliss-reactive ketones (excluding diaryl/α,β-unsaturated/α-hetero) is 1. The second kappa shape index (κ2) is 6.11. The molecule has 22 heavy (non-hydrogen) atoms. The molecule has 0 atom stereocenters. The smallest absolute Gasteiger partial charge is 0.270 e. The molecular weight excluding hydrogens is 278 g/mol. The zero-order valence-electron chi connectivity index (χ0n) is 14.1. The van der Waals surface area contributed by atoms with Crippen LogP contribution in [0, 0.1) is 5.92 Å². The van der Waals surface area contributed by atoms with Crippen molar-refractivity contribution >= 4 is 17.4 Å². The lowest BCUT2D eigenvalue weighted by Crippen LogP contribution is -2.53. The monoisotopic (exact) mass is 303 g/mol. The molecule has 0 saturated heterocycles. The summed E-state index contributed by atoms with van der Waals surface area (Å²) < 4.78 is 5.84. The minimum atomic E-state index is -0.878. The van der Waals surface area contributed by atoms with Crippen LogP contribution in [0.1, 0.15) is 57.8 Å². The molecule has 0 N–H and O–H groups in total. The molecule has 1 heterocycles. The Hall–Kier alpha value is -1.84. The number of anilines is 1. The molecule has 0 radical (unpaired) electrons. The van der Waals surface area contributed by atoms with Crippen LogP contribution in [0.2, 0.25) is 0 Å². The summed E-state index contributed by atoms with van der Waals surface area (Å²) in [7, 11) is 0. The van der Waals surface area contributed by atoms with Gasteiger partial charge >= 0.3 is 0 Å². The van der Waals surface area contributed by atoms with Gasteiger partial charge in [-0.3, -0.25) is 9.59 Å². The van der Waals surface area contributed by atoms with Gasteiger partial charge in [0.15, 0.2) is 11.4 Å². The van der Waals surface area contributed by atoms with E-state index in [9.17, 15) is 9.59 Å². The van der Waals surface area contributed by atoms with Gasteiger partial charge in [-0.25, -0.2) is 0 Å². The lowest BCUT2D eigenvalue weighted by molar-refractivity contribution is -0.132. The van der Waals surface area contributed by atoms with E-state index < -0.39 is 5.60 Å². The van der Waals surface area contributed by atoms with E-state index >= 15 is 0 Å². The highest BCUT2D eigenvalue weighted by atomic mass is 16.5. The Bertz CT molecular complexity index is 590. The number of carbonyl (C=O) groups is 2. The lowest BCUT2D eigenvalue weighted by atomic mass is 9.99. The van der Waals surface area contributed by atoms with Crippen LogP contribution in [0.4, 0.5) is 5.69 Å². The molecular formula is C18H25NO3. The van der Waals surface area contributed by atoms with Crippen LogP contribution in [0.5, 0.6) is 5.75 Å². The first-order valence-electron chi connectivity index (χ1n) is 7.94. The topological polar surface area (TPSA) is 46.6 Å². The van der Waals surface area contributed by atoms with Crippen LogP contribution in [0.3, 0.4) is 0 Å². The van der Waals surface area contributed by atoms with Crippen LogP contribution in [0.15, 0.2) is 18.2 Å². The molecule has 4 heteroatoms. The predicted octanol–water partition coefficient (Wildman–Crippen LogP) is 3.83. The number of ketones is 1. The van der Waals surface area contributed by atoms with Crippen molar-refractivity contribution in [2.24, 2.45) is 5.92 Å². The first-order valence-corrected chi connectivity index (χ1v) is 7.94. The van der Waals surface area contributed by atoms with Crippen LogP contribution < -0.4 is 9.64 Å². The van der Waals surface area contributed by atoms with Crippen LogP contribution in [-0.4, -0.2) is 23.8 Å². The number of hydrogen-bond donors (Lipinski definition) is 0. The van der Waals surface area contributed by atoms with Gasteiger partial charge in [0, 0.05) is 18.5 Å². The molecule has 1 aromatic carbocycles. The number of amides is 1. The molecule has 1 aromatic rings. The molecule has 120 valence electrons. The number of hydrogen-bond acceptors (Lipinski definition) is 3. The van der Waals surface area contributed by atoms with Gasteiger partial charge in [-0.05, 0) is 44.4 Å². The molecule has 1 aliphatic rings. The summed E-state index contributed by atoms with van der Waals surface area (Å²) in [6.45, 7) is 10.3. The Morgan fingerprint density at radius 1 is 1.32 bits per heavy atom. The molecule has 1 aliphatic heterocycles. The summed E-state index contributed by atoms with van der Waals surface area (Å²) >= 11 is 0. The molecule has 0 aliphatic carbocycles. The highest BCUT2D eigenvalue weighted by molar-refractivity contribution is 6.04. The van der Waals surface area contributed by atoms with Gasteiger partial charge in [-0.1, -0.05) is 20.8 Å². The highest BCUT2D eigenvalue weighted by Gasteiger charge is 2.41. The average Bonchev–Trinajstić information content (AvgIpc) is 2.43. The first-order chi connectivity index (χ1) is 10.3. The maximum Gasteiger partial charge on any atom is 0.270 e. The maximum absolute atomic E-state index is 12.7. The Morgan fingerprint density at radius 2 is 2.00 bits per heavy atom. The van der Waals surface area contributed by atoms with Crippen molar-refractivity contribution in [3.8, 4) is 5.75 Å². The number of nitrogens with zero attached hydrogens (tertiary/aromatic N) is 1. The number of rotatable bonds is 5. The summed E-state index contributed by atoms with van der Waals surface area (Å²) in [5.41, 5.74) is 0.474. The van der Waals surface area contributed by atoms with Crippen LogP contribution in [-0.2, 0) is 4.79 Å². The number of benzene rings is 1. The van der Waals surface area contributed by atoms with Crippen molar-refractivity contribution in [1.29, 1.82) is 0 Å². The van der Waals surface area contributed by atoms with E-state index in [4.69, 9.17) is 4.74 Å². The van der Waals surface area contributed by atoms with Gasteiger partial charge in [-0.2, -0.15) is 0 Å². The Kier molecular flexibility index (Phi) is 4.59. The molecule has 0 saturated carbocycles. The first kappa shape index (κ1) is 16.5. The SMILES string of the molecule is CCCC(=O)c1ccc2c(c1)N(CC(C)C)C(=O)C(C)(C)O2. The van der Waals surface area contributed by atoms with Gasteiger partial charge in [0.25, 0.3) is 5.91 Å². The minimum Gasteiger partial charge on any atom is -0.476 e. The number of ether oxygens (including phenoxy) is 1. The fourth-order valence-corrected chi connectivity index (χ4v) is 2.66. The van der Waals surface area contributed by atoms with Gasteiger partial charge in [-0.15, -0.1) is 0 Å². The molecule has 1 amide bonds. The standard InChI is InChI=1S/C18H25NO3/c1-6-7-15(20)13-8-9-16-14(10-13)19(11-12(2)3)17(21)18(4,5)22-16/h8-10,12H,6-7,11H2,1-5H3. The predicted molar refractivity (Wildman–Crippen MR) is 87.6 cm³/mol.